The summed E-state index contributed by atoms with van der Waals surface area (Å²) in [5, 5.41) is 7.00. The van der Waals surface area contributed by atoms with Crippen molar-refractivity contribution >= 4 is 16.1 Å². The van der Waals surface area contributed by atoms with Gasteiger partial charge in [0.05, 0.1) is 36.1 Å². The Morgan fingerprint density at radius 3 is 1.81 bits per heavy atom. The van der Waals surface area contributed by atoms with Crippen LogP contribution < -0.4 is 0 Å². The molecule has 0 saturated carbocycles. The van der Waals surface area contributed by atoms with E-state index >= 15 is 0 Å². The molecule has 0 radical (unpaired) electrons. The molecule has 1 aromatic rings. The Bertz CT molecular complexity index is 835. The summed E-state index contributed by atoms with van der Waals surface area (Å²) in [5.74, 6) is 0.0337. The minimum absolute atomic E-state index is 0.162. The van der Waals surface area contributed by atoms with Crippen LogP contribution in [-0.2, 0) is 33.6 Å². The maximum absolute atomic E-state index is 11.9. The molecule has 2 unspecified atom stereocenters. The van der Waals surface area contributed by atoms with Gasteiger partial charge in [-0.2, -0.15) is 0 Å². The maximum Gasteiger partial charge on any atom is 0.178 e. The molecular formula is C34H66O8S. The zero-order chi connectivity index (χ0) is 34.3. The van der Waals surface area contributed by atoms with Crippen molar-refractivity contribution in [1.29, 1.82) is 0 Å². The van der Waals surface area contributed by atoms with Gasteiger partial charge >= 0.3 is 0 Å². The first-order valence-corrected chi connectivity index (χ1v) is 17.5. The van der Waals surface area contributed by atoms with E-state index in [4.69, 9.17) is 24.1 Å². The zero-order valence-electron chi connectivity index (χ0n) is 29.5. The number of aliphatic hydroxyl groups excluding tert-OH is 1. The van der Waals surface area contributed by atoms with Crippen LogP contribution in [0.3, 0.4) is 0 Å². The van der Waals surface area contributed by atoms with Crippen LogP contribution in [0.1, 0.15) is 102 Å². The number of benzene rings is 1. The minimum Gasteiger partial charge on any atom is -0.400 e. The van der Waals surface area contributed by atoms with Gasteiger partial charge in [0.25, 0.3) is 0 Å². The van der Waals surface area contributed by atoms with Gasteiger partial charge < -0.3 is 28.8 Å². The van der Waals surface area contributed by atoms with Crippen LogP contribution in [0.15, 0.2) is 47.4 Å². The molecule has 3 fully saturated rings. The van der Waals surface area contributed by atoms with Crippen molar-refractivity contribution < 1.29 is 37.3 Å². The Labute approximate surface area is 265 Å². The molecule has 256 valence electrons. The van der Waals surface area contributed by atoms with Crippen LogP contribution in [0, 0.1) is 5.92 Å². The number of carbonyl (C=O) groups is 1. The number of aldehydes is 1. The molecule has 0 spiro atoms. The summed E-state index contributed by atoms with van der Waals surface area (Å²) in [6, 6.07) is 8.60. The van der Waals surface area contributed by atoms with Gasteiger partial charge in [0.2, 0.25) is 0 Å². The second-order valence-electron chi connectivity index (χ2n) is 9.31. The summed E-state index contributed by atoms with van der Waals surface area (Å²) < 4.78 is 44.9. The van der Waals surface area contributed by atoms with Gasteiger partial charge in [-0.05, 0) is 70.6 Å². The highest BCUT2D eigenvalue weighted by molar-refractivity contribution is 7.91. The fraction of sp³-hybridized carbons (Fsp3) is 0.735. The molecule has 3 heterocycles. The van der Waals surface area contributed by atoms with Crippen LogP contribution in [0.5, 0.6) is 0 Å². The van der Waals surface area contributed by atoms with Crippen molar-refractivity contribution in [2.24, 2.45) is 5.92 Å². The van der Waals surface area contributed by atoms with Gasteiger partial charge in [-0.1, -0.05) is 73.2 Å². The van der Waals surface area contributed by atoms with Crippen molar-refractivity contribution in [3.8, 4) is 0 Å². The van der Waals surface area contributed by atoms with E-state index in [1.165, 1.54) is 5.57 Å². The number of hydrogen-bond donors (Lipinski definition) is 1. The van der Waals surface area contributed by atoms with Crippen LogP contribution >= 0.6 is 0 Å². The Hall–Kier alpha value is -1.62. The number of aliphatic hydroxyl groups is 1. The predicted octanol–water partition coefficient (Wildman–Crippen LogP) is 7.68. The molecule has 1 aromatic carbocycles. The van der Waals surface area contributed by atoms with E-state index in [-0.39, 0.29) is 23.6 Å². The highest BCUT2D eigenvalue weighted by Gasteiger charge is 2.29. The number of rotatable bonds is 4. The number of hydrogen-bond acceptors (Lipinski definition) is 8. The molecule has 8 nitrogen and oxygen atoms in total. The lowest BCUT2D eigenvalue weighted by Crippen LogP contribution is -2.20. The van der Waals surface area contributed by atoms with Gasteiger partial charge in [0.15, 0.2) is 15.6 Å². The van der Waals surface area contributed by atoms with E-state index in [0.717, 1.165) is 45.9 Å². The lowest BCUT2D eigenvalue weighted by Gasteiger charge is -2.20. The lowest BCUT2D eigenvalue weighted by atomic mass is 10.1. The van der Waals surface area contributed by atoms with E-state index in [2.05, 4.69) is 13.5 Å². The molecule has 43 heavy (non-hydrogen) atoms. The van der Waals surface area contributed by atoms with Gasteiger partial charge in [-0.3, -0.25) is 0 Å². The highest BCUT2D eigenvalue weighted by atomic mass is 32.2. The first-order valence-electron chi connectivity index (χ1n) is 15.9. The van der Waals surface area contributed by atoms with Gasteiger partial charge in [-0.15, -0.1) is 0 Å². The third-order valence-electron chi connectivity index (χ3n) is 5.48. The second-order valence-corrected chi connectivity index (χ2v) is 11.3. The Kier molecular flexibility index (Phi) is 35.7. The van der Waals surface area contributed by atoms with Crippen LogP contribution in [0.4, 0.5) is 0 Å². The average Bonchev–Trinajstić information content (AvgIpc) is 3.67. The highest BCUT2D eigenvalue weighted by Crippen LogP contribution is 2.21. The smallest absolute Gasteiger partial charge is 0.178 e. The predicted molar refractivity (Wildman–Crippen MR) is 180 cm³/mol. The summed E-state index contributed by atoms with van der Waals surface area (Å²) in [4.78, 5) is 9.59. The minimum atomic E-state index is -3.12. The van der Waals surface area contributed by atoms with Crippen LogP contribution in [0.2, 0.25) is 0 Å². The average molecular weight is 635 g/mol. The van der Waals surface area contributed by atoms with Crippen molar-refractivity contribution in [1.82, 2.24) is 0 Å². The standard InChI is InChI=1S/C11H14O3S.C7H12O.C6H12O2.C3H6O.3C2H6.CH4O/c12-15(13,9-10-6-7-14-8-10)11-4-2-1-3-5-11;1-6-4-3-5-8-7(6)2;1-5-4-7-6(2,3)8-5;1-2-3-4;4*1-2/h1-5,10H,6-9H2;7H,1,3-5H2,2H3;5H,4H2,1-3H3;3H,2H2,1H3;3*1-2H3;2H,1H3/t;7-;;;;;;/m.0....../s1. The fourth-order valence-electron chi connectivity index (χ4n) is 3.50. The van der Waals surface area contributed by atoms with Crippen molar-refractivity contribution in [3.05, 3.63) is 42.5 Å². The summed E-state index contributed by atoms with van der Waals surface area (Å²) in [7, 11) is -2.12. The first-order chi connectivity index (χ1) is 20.5. The Morgan fingerprint density at radius 1 is 0.977 bits per heavy atom. The SMILES string of the molecule is C=C1CCCO[C@H]1C.CC.CC.CC.CC1COC(C)(C)O1.CCC=O.CO.O=S(=O)(CC1CCOC1)c1ccccc1. The number of sulfone groups is 1. The molecule has 9 heteroatoms. The van der Waals surface area contributed by atoms with Crippen molar-refractivity contribution in [2.45, 2.75) is 125 Å². The molecule has 3 saturated heterocycles. The molecule has 3 aliphatic heterocycles. The molecule has 0 amide bonds. The first kappa shape index (κ1) is 48.3. The Balaban J connectivity index is -0.000000235. The normalized spacial score (nSPS) is 21.0. The number of ether oxygens (including phenoxy) is 4. The van der Waals surface area contributed by atoms with Crippen molar-refractivity contribution in [2.75, 3.05) is 39.3 Å². The molecule has 0 aromatic heterocycles. The van der Waals surface area contributed by atoms with E-state index in [0.29, 0.717) is 30.6 Å². The molecular weight excluding hydrogens is 568 g/mol. The van der Waals surface area contributed by atoms with Gasteiger partial charge in [0, 0.05) is 26.7 Å². The maximum atomic E-state index is 11.9. The topological polar surface area (TPSA) is 108 Å². The summed E-state index contributed by atoms with van der Waals surface area (Å²) in [6.45, 7) is 28.5. The largest absolute Gasteiger partial charge is 0.400 e. The molecule has 1 N–H and O–H groups in total. The van der Waals surface area contributed by atoms with E-state index in [9.17, 15) is 13.2 Å². The third kappa shape index (κ3) is 26.5. The van der Waals surface area contributed by atoms with Gasteiger partial charge in [-0.25, -0.2) is 8.42 Å². The van der Waals surface area contributed by atoms with E-state index < -0.39 is 9.84 Å². The van der Waals surface area contributed by atoms with Crippen LogP contribution in [0.25, 0.3) is 0 Å². The van der Waals surface area contributed by atoms with E-state index in [1.807, 2.05) is 75.3 Å². The Morgan fingerprint density at radius 2 is 1.51 bits per heavy atom. The van der Waals surface area contributed by atoms with E-state index in [1.54, 1.807) is 24.3 Å². The molecule has 0 aliphatic carbocycles. The second kappa shape index (κ2) is 31.8. The molecule has 4 rings (SSSR count). The monoisotopic (exact) mass is 634 g/mol. The quantitative estimate of drug-likeness (QED) is 0.265. The third-order valence-corrected chi connectivity index (χ3v) is 7.38. The fourth-order valence-corrected chi connectivity index (χ4v) is 5.15. The zero-order valence-corrected chi connectivity index (χ0v) is 30.3. The van der Waals surface area contributed by atoms with Crippen molar-refractivity contribution in [3.63, 3.8) is 0 Å². The molecule has 3 aliphatic rings. The van der Waals surface area contributed by atoms with Crippen LogP contribution in [-0.4, -0.2) is 77.1 Å². The summed E-state index contributed by atoms with van der Waals surface area (Å²) >= 11 is 0. The lowest BCUT2D eigenvalue weighted by molar-refractivity contribution is -0.136. The summed E-state index contributed by atoms with van der Waals surface area (Å²) in [5.41, 5.74) is 1.25. The molecule has 0 bridgehead atoms. The summed E-state index contributed by atoms with van der Waals surface area (Å²) in [6.07, 6.45) is 5.25. The van der Waals surface area contributed by atoms with Gasteiger partial charge in [0.1, 0.15) is 6.29 Å². The molecule has 3 atom stereocenters. The number of carbonyl (C=O) groups excluding carboxylic acids is 1.